The minimum atomic E-state index is -0.989. The molecule has 0 saturated carbocycles. The maximum absolute atomic E-state index is 13.5. The zero-order valence-electron chi connectivity index (χ0n) is 18.0. The zero-order valence-corrected chi connectivity index (χ0v) is 18.7. The van der Waals surface area contributed by atoms with E-state index in [9.17, 15) is 14.0 Å². The van der Waals surface area contributed by atoms with E-state index in [-0.39, 0.29) is 5.91 Å². The van der Waals surface area contributed by atoms with Gasteiger partial charge in [0.25, 0.3) is 5.91 Å². The molecule has 0 radical (unpaired) electrons. The normalized spacial score (nSPS) is 22.1. The highest BCUT2D eigenvalue weighted by molar-refractivity contribution is 6.30. The molecule has 0 aliphatic carbocycles. The van der Waals surface area contributed by atoms with Crippen LogP contribution >= 0.6 is 11.6 Å². The largest absolute Gasteiger partial charge is 0.378 e. The molecule has 6 nitrogen and oxygen atoms in total. The minimum absolute atomic E-state index is 0.323. The van der Waals surface area contributed by atoms with Gasteiger partial charge in [0.1, 0.15) is 11.7 Å². The van der Waals surface area contributed by atoms with E-state index in [2.05, 4.69) is 0 Å². The molecule has 3 aromatic carbocycles. The number of carbonyl (C=O) groups is 2. The summed E-state index contributed by atoms with van der Waals surface area (Å²) in [6.07, 6.45) is -0.989. The summed E-state index contributed by atoms with van der Waals surface area (Å²) in [5, 5.41) is 2.19. The molecular weight excluding hydrogens is 445 g/mol. The van der Waals surface area contributed by atoms with Gasteiger partial charge in [0.15, 0.2) is 6.10 Å². The van der Waals surface area contributed by atoms with E-state index in [4.69, 9.17) is 16.4 Å². The van der Waals surface area contributed by atoms with Crippen molar-refractivity contribution in [1.82, 2.24) is 0 Å². The summed E-state index contributed by atoms with van der Waals surface area (Å²) in [5.74, 6) is -2.05. The van der Waals surface area contributed by atoms with Crippen LogP contribution in [0.2, 0.25) is 5.02 Å². The molecule has 2 saturated heterocycles. The van der Waals surface area contributed by atoms with E-state index in [1.807, 2.05) is 43.3 Å². The predicted molar refractivity (Wildman–Crippen MR) is 125 cm³/mol. The second kappa shape index (κ2) is 8.17. The summed E-state index contributed by atoms with van der Waals surface area (Å²) in [6, 6.07) is 19.6. The molecule has 2 heterocycles. The van der Waals surface area contributed by atoms with Gasteiger partial charge in [-0.25, -0.2) is 14.4 Å². The lowest BCUT2D eigenvalue weighted by Gasteiger charge is -2.29. The van der Waals surface area contributed by atoms with Crippen molar-refractivity contribution >= 4 is 40.5 Å². The monoisotopic (exact) mass is 465 g/mol. The van der Waals surface area contributed by atoms with Crippen LogP contribution in [-0.2, 0) is 14.4 Å². The second-order valence-corrected chi connectivity index (χ2v) is 8.71. The average molecular weight is 466 g/mol. The molecule has 0 aromatic heterocycles. The van der Waals surface area contributed by atoms with E-state index in [1.54, 1.807) is 29.3 Å². The lowest BCUT2D eigenvalue weighted by atomic mass is 9.90. The van der Waals surface area contributed by atoms with Gasteiger partial charge in [-0.15, -0.1) is 0 Å². The van der Waals surface area contributed by atoms with Gasteiger partial charge in [-0.3, -0.25) is 14.4 Å². The van der Waals surface area contributed by atoms with Gasteiger partial charge in [0.2, 0.25) is 5.91 Å². The zero-order chi connectivity index (χ0) is 23.3. The molecule has 33 heavy (non-hydrogen) atoms. The molecule has 2 aliphatic heterocycles. The molecule has 3 aromatic rings. The molecule has 0 unspecified atom stereocenters. The number of fused-ring (bicyclic) bond motifs is 1. The van der Waals surface area contributed by atoms with Crippen molar-refractivity contribution in [3.8, 4) is 0 Å². The van der Waals surface area contributed by atoms with Crippen LogP contribution in [0.1, 0.15) is 11.6 Å². The first-order valence-corrected chi connectivity index (χ1v) is 10.8. The number of hydrogen-bond acceptors (Lipinski definition) is 5. The number of hydroxylamine groups is 1. The molecule has 5 rings (SSSR count). The Labute approximate surface area is 195 Å². The Balaban J connectivity index is 1.57. The van der Waals surface area contributed by atoms with E-state index >= 15 is 0 Å². The van der Waals surface area contributed by atoms with Gasteiger partial charge < -0.3 is 4.90 Å². The number of imide groups is 1. The second-order valence-electron chi connectivity index (χ2n) is 8.27. The van der Waals surface area contributed by atoms with Crippen molar-refractivity contribution in [1.29, 1.82) is 0 Å². The third-order valence-electron chi connectivity index (χ3n) is 6.03. The topological polar surface area (TPSA) is 53.1 Å². The molecular formula is C25H21ClFN3O3. The first kappa shape index (κ1) is 21.4. The first-order chi connectivity index (χ1) is 15.8. The van der Waals surface area contributed by atoms with Gasteiger partial charge in [0, 0.05) is 24.8 Å². The highest BCUT2D eigenvalue weighted by atomic mass is 35.5. The fourth-order valence-corrected chi connectivity index (χ4v) is 4.51. The Morgan fingerprint density at radius 3 is 2.06 bits per heavy atom. The van der Waals surface area contributed by atoms with Gasteiger partial charge in [-0.05, 0) is 66.2 Å². The third-order valence-corrected chi connectivity index (χ3v) is 6.28. The van der Waals surface area contributed by atoms with Gasteiger partial charge in [0.05, 0.1) is 17.4 Å². The Bertz CT molecular complexity index is 1200. The van der Waals surface area contributed by atoms with Gasteiger partial charge >= 0.3 is 0 Å². The van der Waals surface area contributed by atoms with Crippen molar-refractivity contribution in [3.63, 3.8) is 0 Å². The Morgan fingerprint density at radius 1 is 0.848 bits per heavy atom. The maximum Gasteiger partial charge on any atom is 0.266 e. The lowest BCUT2D eigenvalue weighted by Crippen LogP contribution is -2.37. The van der Waals surface area contributed by atoms with E-state index in [0.29, 0.717) is 16.4 Å². The number of halogens is 2. The number of amides is 2. The molecule has 0 bridgehead atoms. The van der Waals surface area contributed by atoms with Crippen LogP contribution < -0.4 is 14.9 Å². The van der Waals surface area contributed by atoms with E-state index in [1.165, 1.54) is 24.3 Å². The fourth-order valence-electron chi connectivity index (χ4n) is 4.38. The SMILES string of the molecule is CN(C)c1ccc([C@@H]2[C@H]3C(=O)N(c4ccc(F)cc4)C(=O)[C@@H]3ON2c2ccc(Cl)cc2)cc1. The lowest BCUT2D eigenvalue weighted by molar-refractivity contribution is -0.126. The molecule has 2 amide bonds. The Kier molecular flexibility index (Phi) is 5.31. The quantitative estimate of drug-likeness (QED) is 0.527. The van der Waals surface area contributed by atoms with Crippen molar-refractivity contribution in [3.05, 3.63) is 89.2 Å². The smallest absolute Gasteiger partial charge is 0.266 e. The molecule has 3 atom stereocenters. The predicted octanol–water partition coefficient (Wildman–Crippen LogP) is 4.60. The summed E-state index contributed by atoms with van der Waals surface area (Å²) >= 11 is 6.05. The molecule has 2 aliphatic rings. The van der Waals surface area contributed by atoms with E-state index in [0.717, 1.165) is 16.2 Å². The molecule has 168 valence electrons. The maximum atomic E-state index is 13.5. The van der Waals surface area contributed by atoms with Crippen LogP contribution in [0.25, 0.3) is 0 Å². The summed E-state index contributed by atoms with van der Waals surface area (Å²) in [6.45, 7) is 0. The van der Waals surface area contributed by atoms with Gasteiger partial charge in [-0.2, -0.15) is 0 Å². The number of rotatable bonds is 4. The van der Waals surface area contributed by atoms with Crippen molar-refractivity contribution in [2.75, 3.05) is 29.0 Å². The van der Waals surface area contributed by atoms with Crippen molar-refractivity contribution in [2.45, 2.75) is 12.1 Å². The molecule has 2 fully saturated rings. The van der Waals surface area contributed by atoms with Crippen molar-refractivity contribution in [2.24, 2.45) is 5.92 Å². The Morgan fingerprint density at radius 2 is 1.45 bits per heavy atom. The third kappa shape index (κ3) is 3.63. The number of hydrogen-bond donors (Lipinski definition) is 0. The van der Waals surface area contributed by atoms with Crippen LogP contribution in [0, 0.1) is 11.7 Å². The first-order valence-electron chi connectivity index (χ1n) is 10.5. The van der Waals surface area contributed by atoms with Crippen LogP contribution in [-0.4, -0.2) is 32.0 Å². The summed E-state index contributed by atoms with van der Waals surface area (Å²) in [5.41, 5.74) is 2.85. The van der Waals surface area contributed by atoms with Crippen LogP contribution in [0.4, 0.5) is 21.5 Å². The number of benzene rings is 3. The molecule has 0 N–H and O–H groups in total. The molecule has 8 heteroatoms. The Hall–Kier alpha value is -3.42. The summed E-state index contributed by atoms with van der Waals surface area (Å²) in [7, 11) is 3.90. The highest BCUT2D eigenvalue weighted by Crippen LogP contribution is 2.47. The number of anilines is 3. The number of carbonyl (C=O) groups excluding carboxylic acids is 2. The summed E-state index contributed by atoms with van der Waals surface area (Å²) < 4.78 is 13.4. The number of nitrogens with zero attached hydrogens (tertiary/aromatic N) is 3. The fraction of sp³-hybridized carbons (Fsp3) is 0.200. The van der Waals surface area contributed by atoms with E-state index < -0.39 is 29.8 Å². The van der Waals surface area contributed by atoms with Crippen LogP contribution in [0.15, 0.2) is 72.8 Å². The van der Waals surface area contributed by atoms with Crippen LogP contribution in [0.3, 0.4) is 0 Å². The van der Waals surface area contributed by atoms with Gasteiger partial charge in [-0.1, -0.05) is 23.7 Å². The highest BCUT2D eigenvalue weighted by Gasteiger charge is 2.60. The standard InChI is InChI=1S/C25H21ClFN3O3/c1-28(2)18-9-3-15(4-10-18)22-21-23(33-30(22)20-11-5-16(26)6-12-20)25(32)29(24(21)31)19-13-7-17(27)8-14-19/h3-14,21-23H,1-2H3/t21-,22-,23-/m1/s1. The van der Waals surface area contributed by atoms with Crippen LogP contribution in [0.5, 0.6) is 0 Å². The summed E-state index contributed by atoms with van der Waals surface area (Å²) in [4.78, 5) is 36.0. The molecule has 0 spiro atoms. The minimum Gasteiger partial charge on any atom is -0.378 e. The average Bonchev–Trinajstić information content (AvgIpc) is 3.31. The van der Waals surface area contributed by atoms with Crippen molar-refractivity contribution < 1.29 is 18.8 Å².